The van der Waals surface area contributed by atoms with E-state index in [-0.39, 0.29) is 0 Å². The van der Waals surface area contributed by atoms with Crippen LogP contribution in [-0.2, 0) is 26.2 Å². The first-order chi connectivity index (χ1) is 14.6. The highest BCUT2D eigenvalue weighted by Gasteiger charge is 2.04. The van der Waals surface area contributed by atoms with Crippen molar-refractivity contribution in [3.63, 3.8) is 0 Å². The van der Waals surface area contributed by atoms with E-state index in [0.717, 1.165) is 37.8 Å². The van der Waals surface area contributed by atoms with Crippen molar-refractivity contribution in [2.24, 2.45) is 11.5 Å². The number of thiocarbonyl (C=S) groups is 2. The smallest absolute Gasteiger partial charge is 0.106 e. The van der Waals surface area contributed by atoms with Gasteiger partial charge in [0.2, 0.25) is 0 Å². The van der Waals surface area contributed by atoms with Crippen molar-refractivity contribution < 1.29 is 0 Å². The van der Waals surface area contributed by atoms with E-state index in [1.807, 2.05) is 48.5 Å². The monoisotopic (exact) mass is 434 g/mol. The Bertz CT molecular complexity index is 981. The fourth-order valence-corrected chi connectivity index (χ4v) is 3.34. The van der Waals surface area contributed by atoms with Gasteiger partial charge in [-0.2, -0.15) is 0 Å². The molecule has 6 heteroatoms. The van der Waals surface area contributed by atoms with Crippen LogP contribution < -0.4 is 22.1 Å². The fourth-order valence-electron chi connectivity index (χ4n) is 2.93. The number of nitrogens with one attached hydrogen (secondary N) is 2. The molecule has 0 aromatic heterocycles. The second kappa shape index (κ2) is 10.9. The predicted octanol–water partition coefficient (Wildman–Crippen LogP) is 3.53. The first-order valence-electron chi connectivity index (χ1n) is 9.81. The third-order valence-corrected chi connectivity index (χ3v) is 5.59. The second-order valence-electron chi connectivity index (χ2n) is 6.98. The van der Waals surface area contributed by atoms with Gasteiger partial charge in [0, 0.05) is 37.3 Å². The van der Waals surface area contributed by atoms with E-state index in [2.05, 4.69) is 34.9 Å². The Morgan fingerprint density at radius 1 is 0.533 bits per heavy atom. The van der Waals surface area contributed by atoms with Crippen molar-refractivity contribution in [1.29, 1.82) is 0 Å². The topological polar surface area (TPSA) is 76.1 Å². The molecule has 4 nitrogen and oxygen atoms in total. The molecule has 0 atom stereocenters. The molecule has 0 amide bonds. The largest absolute Gasteiger partial charge is 0.372 e. The molecule has 3 rings (SSSR count). The normalized spacial score (nSPS) is 10.5. The van der Waals surface area contributed by atoms with Gasteiger partial charge in [0.25, 0.3) is 0 Å². The molecule has 3 aromatic rings. The highest BCUT2D eigenvalue weighted by atomic mass is 32.1. The number of rotatable bonds is 8. The van der Waals surface area contributed by atoms with Crippen LogP contribution in [0.1, 0.15) is 33.4 Å². The maximum absolute atomic E-state index is 5.64. The summed E-state index contributed by atoms with van der Waals surface area (Å²) in [6, 6.07) is 24.4. The first-order valence-corrected chi connectivity index (χ1v) is 10.6. The average Bonchev–Trinajstić information content (AvgIpc) is 2.81. The molecule has 0 aliphatic carbocycles. The lowest BCUT2D eigenvalue weighted by Gasteiger charge is -2.11. The Morgan fingerprint density at radius 3 is 1.20 bits per heavy atom. The Morgan fingerprint density at radius 2 is 0.833 bits per heavy atom. The summed E-state index contributed by atoms with van der Waals surface area (Å²) in [5, 5.41) is 6.61. The molecule has 0 saturated heterocycles. The molecule has 0 saturated carbocycles. The summed E-state index contributed by atoms with van der Waals surface area (Å²) in [7, 11) is 0. The molecule has 0 fully saturated rings. The van der Waals surface area contributed by atoms with E-state index in [4.69, 9.17) is 35.9 Å². The Hall–Kier alpha value is -2.64. The lowest BCUT2D eigenvalue weighted by atomic mass is 10.1. The molecule has 0 unspecified atom stereocenters. The zero-order valence-electron chi connectivity index (χ0n) is 16.7. The van der Waals surface area contributed by atoms with Crippen LogP contribution in [0.3, 0.4) is 0 Å². The van der Waals surface area contributed by atoms with Crippen LogP contribution in [0.2, 0.25) is 0 Å². The summed E-state index contributed by atoms with van der Waals surface area (Å²) < 4.78 is 0. The zero-order chi connectivity index (χ0) is 21.3. The summed E-state index contributed by atoms with van der Waals surface area (Å²) in [5.41, 5.74) is 17.8. The van der Waals surface area contributed by atoms with Gasteiger partial charge in [-0.05, 0) is 22.3 Å². The van der Waals surface area contributed by atoms with Crippen molar-refractivity contribution in [3.8, 4) is 0 Å². The van der Waals surface area contributed by atoms with Crippen molar-refractivity contribution in [1.82, 2.24) is 10.6 Å². The highest BCUT2D eigenvalue weighted by molar-refractivity contribution is 7.81. The van der Waals surface area contributed by atoms with Crippen LogP contribution in [0.5, 0.6) is 0 Å². The summed E-state index contributed by atoms with van der Waals surface area (Å²) in [6.07, 6.45) is 0. The molecule has 0 spiro atoms. The van der Waals surface area contributed by atoms with Crippen LogP contribution in [0.15, 0.2) is 72.8 Å². The van der Waals surface area contributed by atoms with Crippen molar-refractivity contribution in [3.05, 3.63) is 106 Å². The maximum Gasteiger partial charge on any atom is 0.106 e. The third-order valence-electron chi connectivity index (χ3n) is 4.83. The van der Waals surface area contributed by atoms with Crippen LogP contribution >= 0.6 is 24.4 Å². The van der Waals surface area contributed by atoms with Gasteiger partial charge in [0.1, 0.15) is 9.98 Å². The van der Waals surface area contributed by atoms with Gasteiger partial charge >= 0.3 is 0 Å². The van der Waals surface area contributed by atoms with E-state index in [1.54, 1.807) is 0 Å². The minimum Gasteiger partial charge on any atom is -0.372 e. The van der Waals surface area contributed by atoms with E-state index >= 15 is 0 Å². The van der Waals surface area contributed by atoms with Crippen LogP contribution in [-0.4, -0.2) is 9.98 Å². The molecule has 0 bridgehead atoms. The van der Waals surface area contributed by atoms with Crippen molar-refractivity contribution in [2.45, 2.75) is 26.2 Å². The van der Waals surface area contributed by atoms with Crippen LogP contribution in [0.25, 0.3) is 0 Å². The Kier molecular flexibility index (Phi) is 8.04. The van der Waals surface area contributed by atoms with E-state index in [0.29, 0.717) is 26.2 Å². The lowest BCUT2D eigenvalue weighted by Crippen LogP contribution is -2.23. The minimum absolute atomic E-state index is 0.532. The molecule has 6 N–H and O–H groups in total. The van der Waals surface area contributed by atoms with Gasteiger partial charge in [-0.25, -0.2) is 0 Å². The molecule has 0 radical (unpaired) electrons. The first kappa shape index (κ1) is 22.1. The molecule has 0 aliphatic rings. The number of nitrogens with two attached hydrogens (primary N) is 2. The summed E-state index contributed by atoms with van der Waals surface area (Å²) in [4.78, 5) is 1.45. The van der Waals surface area contributed by atoms with Crippen LogP contribution in [0, 0.1) is 0 Å². The van der Waals surface area contributed by atoms with Gasteiger partial charge in [-0.3, -0.25) is 0 Å². The molecule has 3 aromatic carbocycles. The standard InChI is InChI=1S/C24H26N4S2/c25-13-17-1-3-19(4-2-17)15-27-24(30)22-11-7-20(8-12-22)16-28-23(29)21-9-5-18(14-26)6-10-21/h1-12H,13-16,25-26H2,(H,27,30)(H,28,29). The quantitative estimate of drug-likeness (QED) is 0.407. The minimum atomic E-state index is 0.532. The van der Waals surface area contributed by atoms with Crippen LogP contribution in [0.4, 0.5) is 0 Å². The van der Waals surface area contributed by atoms with Gasteiger partial charge in [0.15, 0.2) is 0 Å². The summed E-state index contributed by atoms with van der Waals surface area (Å²) in [5.74, 6) is 0. The zero-order valence-corrected chi connectivity index (χ0v) is 18.4. The molecular weight excluding hydrogens is 408 g/mol. The van der Waals surface area contributed by atoms with Gasteiger partial charge in [-0.1, -0.05) is 97.2 Å². The summed E-state index contributed by atoms with van der Waals surface area (Å²) in [6.45, 7) is 2.43. The Balaban J connectivity index is 1.49. The molecule has 154 valence electrons. The molecular formula is C24H26N4S2. The van der Waals surface area contributed by atoms with Crippen molar-refractivity contribution in [2.75, 3.05) is 0 Å². The van der Waals surface area contributed by atoms with E-state index in [9.17, 15) is 0 Å². The second-order valence-corrected chi connectivity index (χ2v) is 7.80. The third kappa shape index (κ3) is 6.18. The number of hydrogen-bond donors (Lipinski definition) is 4. The predicted molar refractivity (Wildman–Crippen MR) is 132 cm³/mol. The molecule has 0 aliphatic heterocycles. The molecule has 30 heavy (non-hydrogen) atoms. The van der Waals surface area contributed by atoms with Gasteiger partial charge in [-0.15, -0.1) is 0 Å². The van der Waals surface area contributed by atoms with E-state index < -0.39 is 0 Å². The SMILES string of the molecule is NCc1ccc(CNC(=S)c2ccc(CNC(=S)c3ccc(CN)cc3)cc2)cc1. The molecule has 0 heterocycles. The summed E-state index contributed by atoms with van der Waals surface area (Å²) >= 11 is 11.0. The van der Waals surface area contributed by atoms with Gasteiger partial charge < -0.3 is 22.1 Å². The highest BCUT2D eigenvalue weighted by Crippen LogP contribution is 2.09. The van der Waals surface area contributed by atoms with E-state index in [1.165, 1.54) is 5.56 Å². The van der Waals surface area contributed by atoms with Crippen molar-refractivity contribution >= 4 is 34.4 Å². The Labute approximate surface area is 188 Å². The fraction of sp³-hybridized carbons (Fsp3) is 0.167. The lowest BCUT2D eigenvalue weighted by molar-refractivity contribution is 0.920. The average molecular weight is 435 g/mol. The number of benzene rings is 3. The maximum atomic E-state index is 5.64. The number of hydrogen-bond acceptors (Lipinski definition) is 4. The van der Waals surface area contributed by atoms with Gasteiger partial charge in [0.05, 0.1) is 0 Å².